The molecule has 98 valence electrons. The average Bonchev–Trinajstić information content (AvgIpc) is 2.96. The van der Waals surface area contributed by atoms with E-state index in [4.69, 9.17) is 0 Å². The van der Waals surface area contributed by atoms with Gasteiger partial charge in [-0.2, -0.15) is 0 Å². The van der Waals surface area contributed by atoms with Crippen LogP contribution in [0, 0.1) is 0 Å². The molecule has 0 aromatic carbocycles. The highest BCUT2D eigenvalue weighted by molar-refractivity contribution is 7.10. The van der Waals surface area contributed by atoms with Crippen molar-refractivity contribution in [2.45, 2.75) is 12.6 Å². The highest BCUT2D eigenvalue weighted by Gasteiger charge is 2.14. The molecule has 0 aliphatic rings. The Morgan fingerprint density at radius 3 is 2.89 bits per heavy atom. The summed E-state index contributed by atoms with van der Waals surface area (Å²) in [7, 11) is 6.26. The fourth-order valence-electron chi connectivity index (χ4n) is 1.91. The van der Waals surface area contributed by atoms with Crippen molar-refractivity contribution in [3.05, 3.63) is 40.6 Å². The molecule has 2 aromatic rings. The summed E-state index contributed by atoms with van der Waals surface area (Å²) in [6, 6.07) is 4.72. The fraction of sp³-hybridized carbons (Fsp3) is 0.462. The van der Waals surface area contributed by atoms with Crippen molar-refractivity contribution < 1.29 is 0 Å². The molecule has 1 unspecified atom stereocenters. The third-order valence-electron chi connectivity index (χ3n) is 3.04. The fourth-order valence-corrected chi connectivity index (χ4v) is 2.83. The van der Waals surface area contributed by atoms with E-state index in [1.165, 1.54) is 4.88 Å². The number of thiophene rings is 1. The zero-order valence-corrected chi connectivity index (χ0v) is 11.9. The molecule has 2 aromatic heterocycles. The molecule has 2 heterocycles. The summed E-state index contributed by atoms with van der Waals surface area (Å²) in [4.78, 5) is 7.95. The molecule has 0 bridgehead atoms. The summed E-state index contributed by atoms with van der Waals surface area (Å²) in [5, 5.41) is 5.61. The van der Waals surface area contributed by atoms with Gasteiger partial charge in [-0.3, -0.25) is 0 Å². The molecule has 0 fully saturated rings. The van der Waals surface area contributed by atoms with Crippen LogP contribution in [0.3, 0.4) is 0 Å². The van der Waals surface area contributed by atoms with Crippen molar-refractivity contribution >= 4 is 11.3 Å². The lowest BCUT2D eigenvalue weighted by Crippen LogP contribution is -2.30. The molecule has 1 atom stereocenters. The van der Waals surface area contributed by atoms with E-state index in [2.05, 4.69) is 46.8 Å². The molecule has 1 N–H and O–H groups in total. The first-order valence-electron chi connectivity index (χ1n) is 6.05. The number of nitrogens with one attached hydrogen (secondary N) is 1. The van der Waals surface area contributed by atoms with Crippen LogP contribution in [0.2, 0.25) is 0 Å². The minimum atomic E-state index is 0.422. The normalized spacial score (nSPS) is 13.1. The van der Waals surface area contributed by atoms with E-state index in [9.17, 15) is 0 Å². The number of rotatable bonds is 6. The average molecular weight is 264 g/mol. The number of hydrogen-bond acceptors (Lipinski definition) is 4. The van der Waals surface area contributed by atoms with Gasteiger partial charge in [-0.15, -0.1) is 11.3 Å². The summed E-state index contributed by atoms with van der Waals surface area (Å²) < 4.78 is 2.04. The highest BCUT2D eigenvalue weighted by Crippen LogP contribution is 2.22. The smallest absolute Gasteiger partial charge is 0.122 e. The van der Waals surface area contributed by atoms with Crippen molar-refractivity contribution in [2.75, 3.05) is 20.6 Å². The van der Waals surface area contributed by atoms with Gasteiger partial charge >= 0.3 is 0 Å². The summed E-state index contributed by atoms with van der Waals surface area (Å²) in [6.45, 7) is 1.74. The van der Waals surface area contributed by atoms with Crippen LogP contribution < -0.4 is 5.32 Å². The molecule has 0 spiro atoms. The van der Waals surface area contributed by atoms with Gasteiger partial charge in [0.1, 0.15) is 5.82 Å². The predicted molar refractivity (Wildman–Crippen MR) is 75.7 cm³/mol. The summed E-state index contributed by atoms with van der Waals surface area (Å²) in [5.41, 5.74) is 0. The maximum Gasteiger partial charge on any atom is 0.122 e. The van der Waals surface area contributed by atoms with Crippen LogP contribution in [-0.4, -0.2) is 35.1 Å². The first-order valence-corrected chi connectivity index (χ1v) is 6.93. The Hall–Kier alpha value is -1.17. The van der Waals surface area contributed by atoms with Crippen LogP contribution >= 0.6 is 11.3 Å². The van der Waals surface area contributed by atoms with E-state index in [1.807, 2.05) is 35.3 Å². The summed E-state index contributed by atoms with van der Waals surface area (Å²) in [6.07, 6.45) is 3.80. The molecule has 0 amide bonds. The maximum atomic E-state index is 4.31. The molecule has 2 rings (SSSR count). The molecule has 0 aliphatic carbocycles. The standard InChI is InChI=1S/C13H20N4S/c1-16(2)11(12-5-4-8-18-12)9-14-10-13-15-6-7-17(13)3/h4-8,11,14H,9-10H2,1-3H3. The topological polar surface area (TPSA) is 33.1 Å². The Balaban J connectivity index is 1.89. The molecule has 0 radical (unpaired) electrons. The molecule has 0 saturated carbocycles. The van der Waals surface area contributed by atoms with E-state index in [0.717, 1.165) is 18.9 Å². The van der Waals surface area contributed by atoms with E-state index in [0.29, 0.717) is 6.04 Å². The zero-order valence-electron chi connectivity index (χ0n) is 11.1. The number of hydrogen-bond donors (Lipinski definition) is 1. The molecule has 0 aliphatic heterocycles. The van der Waals surface area contributed by atoms with Crippen LogP contribution in [-0.2, 0) is 13.6 Å². The summed E-state index contributed by atoms with van der Waals surface area (Å²) >= 11 is 1.81. The molecular weight excluding hydrogens is 244 g/mol. The number of nitrogens with zero attached hydrogens (tertiary/aromatic N) is 3. The second-order valence-corrected chi connectivity index (χ2v) is 5.56. The molecule has 0 saturated heterocycles. The first-order chi connectivity index (χ1) is 8.68. The third-order valence-corrected chi connectivity index (χ3v) is 4.01. The number of aryl methyl sites for hydroxylation is 1. The SMILES string of the molecule is CN(C)C(CNCc1nccn1C)c1cccs1. The van der Waals surface area contributed by atoms with Gasteiger partial charge in [-0.25, -0.2) is 4.98 Å². The molecule has 5 heteroatoms. The quantitative estimate of drug-likeness (QED) is 0.865. The van der Waals surface area contributed by atoms with Gasteiger partial charge < -0.3 is 14.8 Å². The van der Waals surface area contributed by atoms with Crippen LogP contribution in [0.4, 0.5) is 0 Å². The number of imidazole rings is 1. The lowest BCUT2D eigenvalue weighted by atomic mass is 10.2. The van der Waals surface area contributed by atoms with E-state index < -0.39 is 0 Å². The van der Waals surface area contributed by atoms with Gasteiger partial charge in [0.25, 0.3) is 0 Å². The van der Waals surface area contributed by atoms with E-state index >= 15 is 0 Å². The minimum absolute atomic E-state index is 0.422. The van der Waals surface area contributed by atoms with Gasteiger partial charge in [-0.05, 0) is 25.5 Å². The highest BCUT2D eigenvalue weighted by atomic mass is 32.1. The minimum Gasteiger partial charge on any atom is -0.337 e. The van der Waals surface area contributed by atoms with Crippen LogP contribution in [0.15, 0.2) is 29.9 Å². The second-order valence-electron chi connectivity index (χ2n) is 4.58. The van der Waals surface area contributed by atoms with Crippen molar-refractivity contribution in [3.8, 4) is 0 Å². The van der Waals surface area contributed by atoms with Crippen LogP contribution in [0.25, 0.3) is 0 Å². The molecular formula is C13H20N4S. The zero-order chi connectivity index (χ0) is 13.0. The van der Waals surface area contributed by atoms with E-state index in [1.54, 1.807) is 0 Å². The molecule has 4 nitrogen and oxygen atoms in total. The van der Waals surface area contributed by atoms with Gasteiger partial charge in [0.05, 0.1) is 12.6 Å². The maximum absolute atomic E-state index is 4.31. The van der Waals surface area contributed by atoms with Gasteiger partial charge in [0.2, 0.25) is 0 Å². The largest absolute Gasteiger partial charge is 0.337 e. The summed E-state index contributed by atoms with van der Waals surface area (Å²) in [5.74, 6) is 1.07. The van der Waals surface area contributed by atoms with Crippen molar-refractivity contribution in [1.29, 1.82) is 0 Å². The number of aromatic nitrogens is 2. The van der Waals surface area contributed by atoms with E-state index in [-0.39, 0.29) is 0 Å². The Labute approximate surface area is 112 Å². The van der Waals surface area contributed by atoms with Gasteiger partial charge in [-0.1, -0.05) is 6.07 Å². The Morgan fingerprint density at radius 2 is 2.33 bits per heavy atom. The van der Waals surface area contributed by atoms with Crippen molar-refractivity contribution in [1.82, 2.24) is 19.8 Å². The van der Waals surface area contributed by atoms with Crippen molar-refractivity contribution in [3.63, 3.8) is 0 Å². The second kappa shape index (κ2) is 6.13. The number of likely N-dealkylation sites (N-methyl/N-ethyl adjacent to an activating group) is 1. The lowest BCUT2D eigenvalue weighted by Gasteiger charge is -2.23. The first kappa shape index (κ1) is 13.3. The third kappa shape index (κ3) is 3.19. The Kier molecular flexibility index (Phi) is 4.52. The molecule has 18 heavy (non-hydrogen) atoms. The lowest BCUT2D eigenvalue weighted by molar-refractivity contribution is 0.291. The Bertz CT molecular complexity index is 461. The predicted octanol–water partition coefficient (Wildman–Crippen LogP) is 1.87. The Morgan fingerprint density at radius 1 is 1.50 bits per heavy atom. The van der Waals surface area contributed by atoms with Crippen LogP contribution in [0.5, 0.6) is 0 Å². The van der Waals surface area contributed by atoms with Crippen molar-refractivity contribution in [2.24, 2.45) is 7.05 Å². The van der Waals surface area contributed by atoms with Gasteiger partial charge in [0.15, 0.2) is 0 Å². The monoisotopic (exact) mass is 264 g/mol. The van der Waals surface area contributed by atoms with Crippen LogP contribution in [0.1, 0.15) is 16.7 Å². The van der Waals surface area contributed by atoms with Gasteiger partial charge in [0, 0.05) is 30.9 Å².